The second-order valence-corrected chi connectivity index (χ2v) is 7.41. The number of hydrogen-bond donors (Lipinski definition) is 1. The molecule has 2 heterocycles. The first kappa shape index (κ1) is 21.9. The Kier molecular flexibility index (Phi) is 6.03. The number of anilines is 1. The fourth-order valence-electron chi connectivity index (χ4n) is 3.72. The number of ether oxygens (including phenoxy) is 1. The van der Waals surface area contributed by atoms with E-state index in [0.717, 1.165) is 10.5 Å². The molecule has 0 fully saturated rings. The molecule has 0 radical (unpaired) electrons. The lowest BCUT2D eigenvalue weighted by atomic mass is 10.0. The smallest absolute Gasteiger partial charge is 0.345 e. The maximum Gasteiger partial charge on any atom is 0.345 e. The molecule has 9 nitrogen and oxygen atoms in total. The van der Waals surface area contributed by atoms with Crippen molar-refractivity contribution in [2.45, 2.75) is 26.3 Å². The van der Waals surface area contributed by atoms with Gasteiger partial charge in [-0.25, -0.2) is 4.79 Å². The Morgan fingerprint density at radius 2 is 1.64 bits per heavy atom. The van der Waals surface area contributed by atoms with Crippen LogP contribution in [0.15, 0.2) is 59.1 Å². The van der Waals surface area contributed by atoms with E-state index in [1.54, 1.807) is 55.5 Å². The highest BCUT2D eigenvalue weighted by molar-refractivity contribution is 6.23. The van der Waals surface area contributed by atoms with E-state index in [1.165, 1.54) is 6.92 Å². The third-order valence-electron chi connectivity index (χ3n) is 5.29. The molecule has 1 aromatic heterocycles. The van der Waals surface area contributed by atoms with Crippen LogP contribution in [0.3, 0.4) is 0 Å². The van der Waals surface area contributed by atoms with E-state index < -0.39 is 29.7 Å². The molecule has 0 aliphatic carbocycles. The standard InChI is InChI=1S/C24H21N3O6/c1-3-32-24(31)19-14(2)26-33-21(19)25-20(28)18(13-15-9-5-4-6-10-15)27-22(29)16-11-7-8-12-17(16)23(27)30/h4-12,18H,3,13H2,1-2H3,(H,25,28). The van der Waals surface area contributed by atoms with E-state index in [4.69, 9.17) is 9.26 Å². The van der Waals surface area contributed by atoms with Crippen molar-refractivity contribution in [3.63, 3.8) is 0 Å². The lowest BCUT2D eigenvalue weighted by Crippen LogP contribution is -2.48. The molecular weight excluding hydrogens is 426 g/mol. The van der Waals surface area contributed by atoms with E-state index in [-0.39, 0.29) is 41.3 Å². The quantitative estimate of drug-likeness (QED) is 0.437. The number of esters is 1. The van der Waals surface area contributed by atoms with E-state index in [0.29, 0.717) is 0 Å². The number of carbonyl (C=O) groups excluding carboxylic acids is 4. The molecule has 0 saturated carbocycles. The van der Waals surface area contributed by atoms with Gasteiger partial charge in [0.15, 0.2) is 0 Å². The molecule has 2 aromatic carbocycles. The van der Waals surface area contributed by atoms with Gasteiger partial charge >= 0.3 is 5.97 Å². The minimum atomic E-state index is -1.19. The Morgan fingerprint density at radius 1 is 1.03 bits per heavy atom. The highest BCUT2D eigenvalue weighted by Gasteiger charge is 2.43. The number of hydrogen-bond acceptors (Lipinski definition) is 7. The second-order valence-electron chi connectivity index (χ2n) is 7.41. The Balaban J connectivity index is 1.68. The number of fused-ring (bicyclic) bond motifs is 1. The summed E-state index contributed by atoms with van der Waals surface area (Å²) in [4.78, 5) is 52.8. The Hall–Kier alpha value is -4.27. The minimum Gasteiger partial charge on any atom is -0.462 e. The molecule has 0 spiro atoms. The van der Waals surface area contributed by atoms with Crippen LogP contribution in [0.1, 0.15) is 49.3 Å². The van der Waals surface area contributed by atoms with Gasteiger partial charge in [-0.2, -0.15) is 0 Å². The molecule has 1 aliphatic heterocycles. The van der Waals surface area contributed by atoms with Gasteiger partial charge in [0.2, 0.25) is 11.8 Å². The van der Waals surface area contributed by atoms with Crippen LogP contribution in [0.25, 0.3) is 0 Å². The van der Waals surface area contributed by atoms with E-state index in [2.05, 4.69) is 10.5 Å². The predicted octanol–water partition coefficient (Wildman–Crippen LogP) is 3.01. The third-order valence-corrected chi connectivity index (χ3v) is 5.29. The summed E-state index contributed by atoms with van der Waals surface area (Å²) < 4.78 is 10.2. The topological polar surface area (TPSA) is 119 Å². The van der Waals surface area contributed by atoms with Crippen molar-refractivity contribution in [2.24, 2.45) is 0 Å². The molecule has 9 heteroatoms. The molecule has 0 bridgehead atoms. The molecule has 3 aromatic rings. The van der Waals surface area contributed by atoms with Crippen LogP contribution in [0, 0.1) is 6.92 Å². The SMILES string of the molecule is CCOC(=O)c1c(C)noc1NC(=O)C(Cc1ccccc1)N1C(=O)c2ccccc2C1=O. The summed E-state index contributed by atoms with van der Waals surface area (Å²) in [7, 11) is 0. The van der Waals surface area contributed by atoms with Gasteiger partial charge < -0.3 is 9.26 Å². The van der Waals surface area contributed by atoms with Gasteiger partial charge in [-0.15, -0.1) is 0 Å². The van der Waals surface area contributed by atoms with Crippen LogP contribution >= 0.6 is 0 Å². The highest BCUT2D eigenvalue weighted by Crippen LogP contribution is 2.27. The van der Waals surface area contributed by atoms with Gasteiger partial charge in [-0.1, -0.05) is 47.6 Å². The number of amides is 3. The Labute approximate surface area is 189 Å². The summed E-state index contributed by atoms with van der Waals surface area (Å²) in [5, 5.41) is 6.26. The van der Waals surface area contributed by atoms with Crippen molar-refractivity contribution in [1.82, 2.24) is 10.1 Å². The number of imide groups is 1. The molecule has 1 aliphatic rings. The second kappa shape index (κ2) is 9.07. The lowest BCUT2D eigenvalue weighted by molar-refractivity contribution is -0.120. The zero-order valence-electron chi connectivity index (χ0n) is 18.0. The van der Waals surface area contributed by atoms with Gasteiger partial charge in [-0.3, -0.25) is 24.6 Å². The van der Waals surface area contributed by atoms with Crippen molar-refractivity contribution >= 4 is 29.6 Å². The van der Waals surface area contributed by atoms with Crippen molar-refractivity contribution in [3.05, 3.63) is 82.5 Å². The molecule has 0 saturated heterocycles. The van der Waals surface area contributed by atoms with E-state index in [9.17, 15) is 19.2 Å². The molecule has 168 valence electrons. The van der Waals surface area contributed by atoms with Gasteiger partial charge in [0.25, 0.3) is 11.8 Å². The van der Waals surface area contributed by atoms with E-state index >= 15 is 0 Å². The third kappa shape index (κ3) is 4.12. The fraction of sp³-hybridized carbons (Fsp3) is 0.208. The number of benzene rings is 2. The number of aryl methyl sites for hydroxylation is 1. The number of nitrogens with one attached hydrogen (secondary N) is 1. The number of nitrogens with zero attached hydrogens (tertiary/aromatic N) is 2. The Morgan fingerprint density at radius 3 is 2.24 bits per heavy atom. The Bertz CT molecular complexity index is 1200. The summed E-state index contributed by atoms with van der Waals surface area (Å²) in [6.07, 6.45) is 0.0694. The highest BCUT2D eigenvalue weighted by atomic mass is 16.5. The molecular formula is C24H21N3O6. The maximum atomic E-state index is 13.4. The van der Waals surface area contributed by atoms with Gasteiger partial charge in [0, 0.05) is 6.42 Å². The molecule has 1 N–H and O–H groups in total. The van der Waals surface area contributed by atoms with Crippen LogP contribution in [0.5, 0.6) is 0 Å². The predicted molar refractivity (Wildman–Crippen MR) is 117 cm³/mol. The van der Waals surface area contributed by atoms with Gasteiger partial charge in [-0.05, 0) is 31.5 Å². The van der Waals surface area contributed by atoms with Crippen molar-refractivity contribution in [1.29, 1.82) is 0 Å². The van der Waals surface area contributed by atoms with E-state index in [1.807, 2.05) is 6.07 Å². The maximum absolute atomic E-state index is 13.4. The van der Waals surface area contributed by atoms with Crippen molar-refractivity contribution in [3.8, 4) is 0 Å². The van der Waals surface area contributed by atoms with Crippen molar-refractivity contribution < 1.29 is 28.4 Å². The first-order chi connectivity index (χ1) is 15.9. The summed E-state index contributed by atoms with van der Waals surface area (Å²) in [5.41, 5.74) is 1.43. The molecule has 1 atom stereocenters. The molecule has 33 heavy (non-hydrogen) atoms. The fourth-order valence-corrected chi connectivity index (χ4v) is 3.72. The minimum absolute atomic E-state index is 0.0222. The molecule has 1 unspecified atom stereocenters. The summed E-state index contributed by atoms with van der Waals surface area (Å²) in [5.74, 6) is -2.73. The largest absolute Gasteiger partial charge is 0.462 e. The summed E-state index contributed by atoms with van der Waals surface area (Å²) in [6, 6.07) is 14.2. The summed E-state index contributed by atoms with van der Waals surface area (Å²) in [6.45, 7) is 3.32. The molecule has 3 amide bonds. The van der Waals surface area contributed by atoms with Crippen LogP contribution < -0.4 is 5.32 Å². The first-order valence-corrected chi connectivity index (χ1v) is 10.4. The number of rotatable bonds is 7. The van der Waals surface area contributed by atoms with Crippen LogP contribution in [-0.4, -0.2) is 46.4 Å². The normalized spacial score (nSPS) is 13.6. The number of aromatic nitrogens is 1. The van der Waals surface area contributed by atoms with Gasteiger partial charge in [0.1, 0.15) is 11.6 Å². The van der Waals surface area contributed by atoms with Crippen LogP contribution in [0.2, 0.25) is 0 Å². The van der Waals surface area contributed by atoms with Gasteiger partial charge in [0.05, 0.1) is 23.4 Å². The first-order valence-electron chi connectivity index (χ1n) is 10.4. The van der Waals surface area contributed by atoms with Crippen molar-refractivity contribution in [2.75, 3.05) is 11.9 Å². The lowest BCUT2D eigenvalue weighted by Gasteiger charge is -2.25. The average molecular weight is 447 g/mol. The number of carbonyl (C=O) groups is 4. The summed E-state index contributed by atoms with van der Waals surface area (Å²) >= 11 is 0. The average Bonchev–Trinajstić information content (AvgIpc) is 3.30. The zero-order valence-corrected chi connectivity index (χ0v) is 18.0. The van der Waals surface area contributed by atoms with Crippen LogP contribution in [-0.2, 0) is 16.0 Å². The van der Waals surface area contributed by atoms with Crippen LogP contribution in [0.4, 0.5) is 5.88 Å². The zero-order chi connectivity index (χ0) is 23.5. The molecule has 4 rings (SSSR count). The monoisotopic (exact) mass is 447 g/mol.